The highest BCUT2D eigenvalue weighted by molar-refractivity contribution is 6.14. The summed E-state index contributed by atoms with van der Waals surface area (Å²) in [5.74, 6) is 0.481. The zero-order valence-electron chi connectivity index (χ0n) is 15.4. The average Bonchev–Trinajstić information content (AvgIpc) is 2.60. The van der Waals surface area contributed by atoms with E-state index in [1.54, 1.807) is 0 Å². The summed E-state index contributed by atoms with van der Waals surface area (Å²) < 4.78 is 5.34. The van der Waals surface area contributed by atoms with Crippen molar-refractivity contribution in [3.8, 4) is 0 Å². The van der Waals surface area contributed by atoms with Crippen molar-refractivity contribution >= 4 is 17.6 Å². The Balaban J connectivity index is 1.68. The summed E-state index contributed by atoms with van der Waals surface area (Å²) in [6.07, 6.45) is 11.2. The molecule has 0 spiro atoms. The molecule has 0 aromatic heterocycles. The molecule has 0 saturated carbocycles. The van der Waals surface area contributed by atoms with Crippen LogP contribution in [-0.2, 0) is 9.53 Å². The zero-order valence-corrected chi connectivity index (χ0v) is 15.4. The zero-order chi connectivity index (χ0) is 17.2. The maximum Gasteiger partial charge on any atom is 0.257 e. The summed E-state index contributed by atoms with van der Waals surface area (Å²) in [5.41, 5.74) is 0.930. The number of unbranched alkanes of at least 4 members (excludes halogenated alkanes) is 7. The van der Waals surface area contributed by atoms with E-state index in [2.05, 4.69) is 21.8 Å². The van der Waals surface area contributed by atoms with Gasteiger partial charge >= 0.3 is 0 Å². The molecular weight excluding hydrogens is 302 g/mol. The molecule has 1 unspecified atom stereocenters. The second-order valence-corrected chi connectivity index (χ2v) is 6.92. The number of guanidine groups is 1. The number of rotatable bonds is 9. The molecule has 1 atom stereocenters. The minimum absolute atomic E-state index is 0.00747. The van der Waals surface area contributed by atoms with Gasteiger partial charge in [0.1, 0.15) is 0 Å². The molecular formula is C19H33N3O2. The maximum atomic E-state index is 12.4. The number of hydrogen-bond acceptors (Lipinski definition) is 4. The van der Waals surface area contributed by atoms with Gasteiger partial charge < -0.3 is 9.64 Å². The second-order valence-electron chi connectivity index (χ2n) is 6.92. The first-order chi connectivity index (χ1) is 11.7. The van der Waals surface area contributed by atoms with Gasteiger partial charge in [0.05, 0.1) is 19.1 Å². The van der Waals surface area contributed by atoms with Crippen LogP contribution in [0.5, 0.6) is 0 Å². The first kappa shape index (κ1) is 19.1. The molecule has 1 amide bonds. The third-order valence-corrected chi connectivity index (χ3v) is 4.93. The normalized spacial score (nSPS) is 21.7. The van der Waals surface area contributed by atoms with Crippen LogP contribution in [0.1, 0.15) is 71.6 Å². The van der Waals surface area contributed by atoms with Crippen LogP contribution >= 0.6 is 0 Å². The van der Waals surface area contributed by atoms with Crippen molar-refractivity contribution in [2.45, 2.75) is 71.6 Å². The van der Waals surface area contributed by atoms with Crippen LogP contribution in [0.2, 0.25) is 0 Å². The van der Waals surface area contributed by atoms with Crippen LogP contribution < -0.4 is 0 Å². The fraction of sp³-hybridized carbons (Fsp3) is 0.842. The molecule has 0 aromatic carbocycles. The Morgan fingerprint density at radius 1 is 1.00 bits per heavy atom. The van der Waals surface area contributed by atoms with Crippen LogP contribution in [0.25, 0.3) is 0 Å². The maximum absolute atomic E-state index is 12.4. The molecule has 1 fully saturated rings. The highest BCUT2D eigenvalue weighted by Crippen LogP contribution is 2.20. The van der Waals surface area contributed by atoms with E-state index in [1.807, 2.05) is 6.92 Å². The predicted octanol–water partition coefficient (Wildman–Crippen LogP) is 3.82. The molecule has 2 heterocycles. The summed E-state index contributed by atoms with van der Waals surface area (Å²) in [4.78, 5) is 23.3. The lowest BCUT2D eigenvalue weighted by Gasteiger charge is -2.30. The van der Waals surface area contributed by atoms with Crippen LogP contribution in [0.3, 0.4) is 0 Å². The Bertz CT molecular complexity index is 454. The molecule has 1 saturated heterocycles. The van der Waals surface area contributed by atoms with Gasteiger partial charge in [-0.1, -0.05) is 58.3 Å². The van der Waals surface area contributed by atoms with Gasteiger partial charge in [0.2, 0.25) is 5.96 Å². The van der Waals surface area contributed by atoms with Crippen molar-refractivity contribution in [3.05, 3.63) is 0 Å². The Labute approximate surface area is 146 Å². The molecule has 2 aliphatic rings. The van der Waals surface area contributed by atoms with Gasteiger partial charge in [-0.15, -0.1) is 0 Å². The van der Waals surface area contributed by atoms with E-state index in [9.17, 15) is 4.79 Å². The summed E-state index contributed by atoms with van der Waals surface area (Å²) in [6, 6.07) is 0. The summed E-state index contributed by atoms with van der Waals surface area (Å²) in [6.45, 7) is 7.13. The fourth-order valence-corrected chi connectivity index (χ4v) is 3.34. The molecule has 0 N–H and O–H groups in total. The lowest BCUT2D eigenvalue weighted by molar-refractivity contribution is -0.120. The predicted molar refractivity (Wildman–Crippen MR) is 98.7 cm³/mol. The smallest absolute Gasteiger partial charge is 0.257 e. The van der Waals surface area contributed by atoms with Gasteiger partial charge in [-0.25, -0.2) is 4.99 Å². The Kier molecular flexibility index (Phi) is 8.43. The number of carbonyl (C=O) groups is 1. The standard InChI is InChI=1S/C19H33N3O2/c1-3-4-5-6-7-8-9-10-11-17-16(2)20-19(21-18(17)23)22-12-14-24-15-13-22/h17H,3-15H2,1-2H3. The van der Waals surface area contributed by atoms with Crippen LogP contribution in [0, 0.1) is 5.92 Å². The van der Waals surface area contributed by atoms with Gasteiger partial charge in [0, 0.05) is 18.8 Å². The van der Waals surface area contributed by atoms with Crippen molar-refractivity contribution in [1.82, 2.24) is 4.90 Å². The summed E-state index contributed by atoms with van der Waals surface area (Å²) in [5, 5.41) is 0. The van der Waals surface area contributed by atoms with E-state index in [0.29, 0.717) is 19.2 Å². The number of morpholine rings is 1. The van der Waals surface area contributed by atoms with Crippen molar-refractivity contribution in [2.24, 2.45) is 15.9 Å². The quantitative estimate of drug-likeness (QED) is 0.602. The number of nitrogens with zero attached hydrogens (tertiary/aromatic N) is 3. The van der Waals surface area contributed by atoms with E-state index < -0.39 is 0 Å². The monoisotopic (exact) mass is 335 g/mol. The van der Waals surface area contributed by atoms with Crippen LogP contribution in [0.15, 0.2) is 9.98 Å². The first-order valence-electron chi connectivity index (χ1n) is 9.72. The van der Waals surface area contributed by atoms with E-state index >= 15 is 0 Å². The van der Waals surface area contributed by atoms with Gasteiger partial charge in [-0.3, -0.25) is 4.79 Å². The largest absolute Gasteiger partial charge is 0.378 e. The summed E-state index contributed by atoms with van der Waals surface area (Å²) >= 11 is 0. The third-order valence-electron chi connectivity index (χ3n) is 4.93. The average molecular weight is 335 g/mol. The molecule has 0 bridgehead atoms. The lowest BCUT2D eigenvalue weighted by Crippen LogP contribution is -2.43. The van der Waals surface area contributed by atoms with Crippen LogP contribution in [-0.4, -0.2) is 48.8 Å². The third kappa shape index (κ3) is 6.00. The number of ether oxygens (including phenoxy) is 1. The van der Waals surface area contributed by atoms with Gasteiger partial charge in [-0.05, 0) is 13.3 Å². The Morgan fingerprint density at radius 2 is 1.62 bits per heavy atom. The van der Waals surface area contributed by atoms with E-state index in [0.717, 1.165) is 31.6 Å². The molecule has 136 valence electrons. The van der Waals surface area contributed by atoms with Gasteiger partial charge in [-0.2, -0.15) is 4.99 Å². The lowest BCUT2D eigenvalue weighted by atomic mass is 9.94. The topological polar surface area (TPSA) is 54.3 Å². The molecule has 5 nitrogen and oxygen atoms in total. The van der Waals surface area contributed by atoms with E-state index in [4.69, 9.17) is 4.74 Å². The van der Waals surface area contributed by atoms with Crippen molar-refractivity contribution in [3.63, 3.8) is 0 Å². The second kappa shape index (κ2) is 10.6. The van der Waals surface area contributed by atoms with Crippen molar-refractivity contribution < 1.29 is 9.53 Å². The highest BCUT2D eigenvalue weighted by atomic mass is 16.5. The molecule has 5 heteroatoms. The minimum atomic E-state index is -0.102. The number of hydrogen-bond donors (Lipinski definition) is 0. The molecule has 0 aromatic rings. The van der Waals surface area contributed by atoms with Crippen molar-refractivity contribution in [1.29, 1.82) is 0 Å². The summed E-state index contributed by atoms with van der Waals surface area (Å²) in [7, 11) is 0. The molecule has 0 aliphatic carbocycles. The minimum Gasteiger partial charge on any atom is -0.378 e. The molecule has 2 rings (SSSR count). The van der Waals surface area contributed by atoms with Crippen molar-refractivity contribution in [2.75, 3.05) is 26.3 Å². The van der Waals surface area contributed by atoms with E-state index in [-0.39, 0.29) is 11.8 Å². The van der Waals surface area contributed by atoms with Gasteiger partial charge in [0.15, 0.2) is 0 Å². The Hall–Kier alpha value is -1.23. The molecule has 0 radical (unpaired) electrons. The number of amides is 1. The molecule has 24 heavy (non-hydrogen) atoms. The van der Waals surface area contributed by atoms with Gasteiger partial charge in [0.25, 0.3) is 5.91 Å². The number of aliphatic imine (C=N–C) groups is 2. The fourth-order valence-electron chi connectivity index (χ4n) is 3.34. The number of carbonyl (C=O) groups excluding carboxylic acids is 1. The van der Waals surface area contributed by atoms with Crippen LogP contribution in [0.4, 0.5) is 0 Å². The van der Waals surface area contributed by atoms with E-state index in [1.165, 1.54) is 44.9 Å². The Morgan fingerprint density at radius 3 is 2.25 bits per heavy atom. The molecule has 2 aliphatic heterocycles. The highest BCUT2D eigenvalue weighted by Gasteiger charge is 2.28. The first-order valence-corrected chi connectivity index (χ1v) is 9.72. The SMILES string of the molecule is CCCCCCCCCCC1C(=O)N=C(N2CCOCC2)N=C1C.